The number of imidazole rings is 1. The molecule has 0 aliphatic heterocycles. The van der Waals surface area contributed by atoms with E-state index in [1.807, 2.05) is 35.9 Å². The van der Waals surface area contributed by atoms with Crippen molar-refractivity contribution >= 4 is 22.8 Å². The lowest BCUT2D eigenvalue weighted by molar-refractivity contribution is 0.102. The summed E-state index contributed by atoms with van der Waals surface area (Å²) < 4.78 is 15.1. The third-order valence-corrected chi connectivity index (χ3v) is 4.45. The lowest BCUT2D eigenvalue weighted by Gasteiger charge is -2.09. The highest BCUT2D eigenvalue weighted by molar-refractivity contribution is 6.05. The van der Waals surface area contributed by atoms with Crippen LogP contribution in [0.4, 0.5) is 10.1 Å². The SMILES string of the molecule is Cc1cc(F)ccc1NC(=O)c1cccc(-c2nc3cccnc3n2C)c1. The molecule has 0 unspecified atom stereocenters. The number of carbonyl (C=O) groups excluding carboxylic acids is 1. The predicted molar refractivity (Wildman–Crippen MR) is 103 cm³/mol. The van der Waals surface area contributed by atoms with Gasteiger partial charge in [-0.1, -0.05) is 12.1 Å². The zero-order chi connectivity index (χ0) is 19.0. The van der Waals surface area contributed by atoms with Gasteiger partial charge >= 0.3 is 0 Å². The molecular weight excluding hydrogens is 343 g/mol. The molecule has 5 nitrogen and oxygen atoms in total. The van der Waals surface area contributed by atoms with Gasteiger partial charge in [0.2, 0.25) is 0 Å². The number of aromatic nitrogens is 3. The molecule has 0 spiro atoms. The topological polar surface area (TPSA) is 59.8 Å². The van der Waals surface area contributed by atoms with E-state index in [1.165, 1.54) is 12.1 Å². The zero-order valence-corrected chi connectivity index (χ0v) is 14.9. The highest BCUT2D eigenvalue weighted by atomic mass is 19.1. The van der Waals surface area contributed by atoms with Crippen LogP contribution in [0.15, 0.2) is 60.8 Å². The number of fused-ring (bicyclic) bond motifs is 1. The molecule has 0 aliphatic carbocycles. The Hall–Kier alpha value is -3.54. The second-order valence-electron chi connectivity index (χ2n) is 6.33. The Morgan fingerprint density at radius 1 is 1.11 bits per heavy atom. The lowest BCUT2D eigenvalue weighted by Crippen LogP contribution is -2.13. The van der Waals surface area contributed by atoms with Crippen LogP contribution in [0, 0.1) is 12.7 Å². The maximum absolute atomic E-state index is 13.2. The van der Waals surface area contributed by atoms with E-state index < -0.39 is 0 Å². The number of nitrogens with one attached hydrogen (secondary N) is 1. The van der Waals surface area contributed by atoms with Gasteiger partial charge in [-0.2, -0.15) is 0 Å². The first-order valence-corrected chi connectivity index (χ1v) is 8.48. The fourth-order valence-electron chi connectivity index (χ4n) is 3.04. The summed E-state index contributed by atoms with van der Waals surface area (Å²) in [5.74, 6) is 0.141. The van der Waals surface area contributed by atoms with Crippen LogP contribution in [0.3, 0.4) is 0 Å². The molecule has 0 saturated heterocycles. The van der Waals surface area contributed by atoms with E-state index in [4.69, 9.17) is 0 Å². The molecule has 0 bridgehead atoms. The summed E-state index contributed by atoms with van der Waals surface area (Å²) in [4.78, 5) is 21.6. The number of hydrogen-bond acceptors (Lipinski definition) is 3. The van der Waals surface area contributed by atoms with Crippen LogP contribution in [0.1, 0.15) is 15.9 Å². The highest BCUT2D eigenvalue weighted by Crippen LogP contribution is 2.24. The molecule has 4 aromatic rings. The summed E-state index contributed by atoms with van der Waals surface area (Å²) >= 11 is 0. The Morgan fingerprint density at radius 3 is 2.74 bits per heavy atom. The summed E-state index contributed by atoms with van der Waals surface area (Å²) in [6.07, 6.45) is 1.72. The van der Waals surface area contributed by atoms with E-state index >= 15 is 0 Å². The minimum absolute atomic E-state index is 0.261. The van der Waals surface area contributed by atoms with E-state index in [1.54, 1.807) is 31.3 Å². The van der Waals surface area contributed by atoms with Crippen LogP contribution in [-0.4, -0.2) is 20.4 Å². The number of nitrogens with zero attached hydrogens (tertiary/aromatic N) is 3. The molecule has 27 heavy (non-hydrogen) atoms. The third kappa shape index (κ3) is 3.17. The van der Waals surface area contributed by atoms with Gasteiger partial charge in [-0.15, -0.1) is 0 Å². The van der Waals surface area contributed by atoms with Crippen molar-refractivity contribution in [3.05, 3.63) is 77.7 Å². The number of amides is 1. The number of hydrogen-bond donors (Lipinski definition) is 1. The van der Waals surface area contributed by atoms with Crippen molar-refractivity contribution < 1.29 is 9.18 Å². The normalized spacial score (nSPS) is 10.9. The molecule has 134 valence electrons. The van der Waals surface area contributed by atoms with Crippen molar-refractivity contribution in [1.29, 1.82) is 0 Å². The van der Waals surface area contributed by atoms with Gasteiger partial charge in [0.05, 0.1) is 0 Å². The summed E-state index contributed by atoms with van der Waals surface area (Å²) in [5, 5.41) is 2.83. The van der Waals surface area contributed by atoms with Crippen LogP contribution in [0.2, 0.25) is 0 Å². The monoisotopic (exact) mass is 360 g/mol. The van der Waals surface area contributed by atoms with Crippen molar-refractivity contribution in [2.75, 3.05) is 5.32 Å². The van der Waals surface area contributed by atoms with E-state index in [2.05, 4.69) is 15.3 Å². The van der Waals surface area contributed by atoms with Gasteiger partial charge in [0.25, 0.3) is 5.91 Å². The Balaban J connectivity index is 1.67. The summed E-state index contributed by atoms with van der Waals surface area (Å²) in [5.41, 5.74) is 4.14. The first-order valence-electron chi connectivity index (χ1n) is 8.48. The van der Waals surface area contributed by atoms with Gasteiger partial charge in [0, 0.05) is 30.1 Å². The fraction of sp³-hybridized carbons (Fsp3) is 0.0952. The van der Waals surface area contributed by atoms with Crippen molar-refractivity contribution in [1.82, 2.24) is 14.5 Å². The minimum Gasteiger partial charge on any atom is -0.322 e. The maximum atomic E-state index is 13.2. The molecule has 2 aromatic carbocycles. The van der Waals surface area contributed by atoms with Crippen molar-refractivity contribution in [2.24, 2.45) is 7.05 Å². The number of anilines is 1. The van der Waals surface area contributed by atoms with E-state index in [0.717, 1.165) is 22.6 Å². The average Bonchev–Trinajstić information content (AvgIpc) is 3.01. The number of aryl methyl sites for hydroxylation is 2. The largest absolute Gasteiger partial charge is 0.322 e. The number of carbonyl (C=O) groups is 1. The smallest absolute Gasteiger partial charge is 0.255 e. The van der Waals surface area contributed by atoms with Gasteiger partial charge < -0.3 is 9.88 Å². The fourth-order valence-corrected chi connectivity index (χ4v) is 3.04. The Kier molecular flexibility index (Phi) is 4.16. The Labute approximate surface area is 155 Å². The average molecular weight is 360 g/mol. The number of benzene rings is 2. The molecule has 0 fully saturated rings. The molecule has 4 rings (SSSR count). The standard InChI is InChI=1S/C21H17FN4O/c1-13-11-16(22)8-9-17(13)25-21(27)15-6-3-5-14(12-15)19-24-18-7-4-10-23-20(18)26(19)2/h3-12H,1-2H3,(H,25,27). The van der Waals surface area contributed by atoms with Crippen molar-refractivity contribution in [3.63, 3.8) is 0 Å². The Morgan fingerprint density at radius 2 is 1.96 bits per heavy atom. The molecular formula is C21H17FN4O. The maximum Gasteiger partial charge on any atom is 0.255 e. The van der Waals surface area contributed by atoms with Crippen LogP contribution >= 0.6 is 0 Å². The molecule has 0 radical (unpaired) electrons. The molecule has 1 amide bonds. The van der Waals surface area contributed by atoms with Gasteiger partial charge in [-0.05, 0) is 55.0 Å². The van der Waals surface area contributed by atoms with E-state index in [9.17, 15) is 9.18 Å². The quantitative estimate of drug-likeness (QED) is 0.591. The van der Waals surface area contributed by atoms with E-state index in [-0.39, 0.29) is 11.7 Å². The van der Waals surface area contributed by atoms with Crippen molar-refractivity contribution in [3.8, 4) is 11.4 Å². The molecule has 2 aromatic heterocycles. The summed E-state index contributed by atoms with van der Waals surface area (Å²) in [6.45, 7) is 1.75. The first-order chi connectivity index (χ1) is 13.0. The zero-order valence-electron chi connectivity index (χ0n) is 14.9. The number of halogens is 1. The predicted octanol–water partition coefficient (Wildman–Crippen LogP) is 4.34. The van der Waals surface area contributed by atoms with Gasteiger partial charge in [0.1, 0.15) is 17.2 Å². The second kappa shape index (κ2) is 6.64. The molecule has 2 heterocycles. The molecule has 6 heteroatoms. The van der Waals surface area contributed by atoms with Crippen LogP contribution < -0.4 is 5.32 Å². The first kappa shape index (κ1) is 16.9. The van der Waals surface area contributed by atoms with Crippen LogP contribution in [0.25, 0.3) is 22.6 Å². The van der Waals surface area contributed by atoms with Crippen molar-refractivity contribution in [2.45, 2.75) is 6.92 Å². The number of pyridine rings is 1. The Bertz CT molecular complexity index is 1170. The van der Waals surface area contributed by atoms with Crippen LogP contribution in [0.5, 0.6) is 0 Å². The second-order valence-corrected chi connectivity index (χ2v) is 6.33. The summed E-state index contributed by atoms with van der Waals surface area (Å²) in [7, 11) is 1.90. The van der Waals surface area contributed by atoms with Gasteiger partial charge in [-0.25, -0.2) is 14.4 Å². The van der Waals surface area contributed by atoms with E-state index in [0.29, 0.717) is 16.8 Å². The minimum atomic E-state index is -0.331. The highest BCUT2D eigenvalue weighted by Gasteiger charge is 2.13. The molecule has 0 aliphatic rings. The van der Waals surface area contributed by atoms with Gasteiger partial charge in [0.15, 0.2) is 5.65 Å². The van der Waals surface area contributed by atoms with Crippen LogP contribution in [-0.2, 0) is 7.05 Å². The third-order valence-electron chi connectivity index (χ3n) is 4.45. The molecule has 0 atom stereocenters. The van der Waals surface area contributed by atoms with Gasteiger partial charge in [-0.3, -0.25) is 4.79 Å². The molecule has 0 saturated carbocycles. The summed E-state index contributed by atoms with van der Waals surface area (Å²) in [6, 6.07) is 15.3. The lowest BCUT2D eigenvalue weighted by atomic mass is 10.1. The number of rotatable bonds is 3. The molecule has 1 N–H and O–H groups in total.